The summed E-state index contributed by atoms with van der Waals surface area (Å²) in [4.78, 5) is 24.3. The van der Waals surface area contributed by atoms with Crippen molar-refractivity contribution in [2.75, 3.05) is 30.4 Å². The van der Waals surface area contributed by atoms with Crippen LogP contribution in [-0.2, 0) is 4.74 Å². The van der Waals surface area contributed by atoms with Crippen LogP contribution >= 0.6 is 0 Å². The molecule has 0 aliphatic carbocycles. The van der Waals surface area contributed by atoms with Crippen LogP contribution < -0.4 is 10.2 Å². The molecule has 1 aliphatic rings. The normalized spacial score (nSPS) is 16.0. The van der Waals surface area contributed by atoms with E-state index in [-0.39, 0.29) is 22.9 Å². The predicted molar refractivity (Wildman–Crippen MR) is 104 cm³/mol. The number of nitro benzene ring substituents is 1. The van der Waals surface area contributed by atoms with Crippen molar-refractivity contribution >= 4 is 23.0 Å². The number of halogens is 1. The molecule has 1 unspecified atom stereocenters. The average Bonchev–Trinajstić information content (AvgIpc) is 2.73. The van der Waals surface area contributed by atoms with Gasteiger partial charge in [-0.25, -0.2) is 9.18 Å². The highest BCUT2D eigenvalue weighted by molar-refractivity contribution is 5.95. The molecule has 1 atom stereocenters. The van der Waals surface area contributed by atoms with Gasteiger partial charge >= 0.3 is 5.97 Å². The number of benzene rings is 2. The van der Waals surface area contributed by atoms with Crippen LogP contribution in [0.1, 0.15) is 28.8 Å². The number of ether oxygens (including phenoxy) is 1. The molecule has 1 saturated heterocycles. The summed E-state index contributed by atoms with van der Waals surface area (Å²) in [6.07, 6.45) is 1.63. The van der Waals surface area contributed by atoms with Gasteiger partial charge in [0.05, 0.1) is 29.4 Å². The lowest BCUT2D eigenvalue weighted by Crippen LogP contribution is -2.42. The minimum atomic E-state index is -0.787. The van der Waals surface area contributed by atoms with Gasteiger partial charge in [-0.1, -0.05) is 0 Å². The predicted octanol–water partition coefficient (Wildman–Crippen LogP) is 3.47. The zero-order chi connectivity index (χ0) is 21.0. The second-order valence-electron chi connectivity index (χ2n) is 6.69. The fourth-order valence-electron chi connectivity index (χ4n) is 3.44. The summed E-state index contributed by atoms with van der Waals surface area (Å²) in [5.41, 5.74) is 0.775. The Morgan fingerprint density at radius 1 is 1.38 bits per heavy atom. The summed E-state index contributed by atoms with van der Waals surface area (Å²) in [5, 5.41) is 23.3. The van der Waals surface area contributed by atoms with Crippen molar-refractivity contribution in [3.8, 4) is 6.07 Å². The monoisotopic (exact) mass is 398 g/mol. The molecule has 0 bridgehead atoms. The fourth-order valence-corrected chi connectivity index (χ4v) is 3.44. The molecule has 29 heavy (non-hydrogen) atoms. The second-order valence-corrected chi connectivity index (χ2v) is 6.69. The molecule has 0 radical (unpaired) electrons. The highest BCUT2D eigenvalue weighted by atomic mass is 19.1. The highest BCUT2D eigenvalue weighted by Gasteiger charge is 2.25. The third kappa shape index (κ3) is 4.43. The van der Waals surface area contributed by atoms with Gasteiger partial charge in [0.15, 0.2) is 0 Å². The lowest BCUT2D eigenvalue weighted by Gasteiger charge is -2.35. The number of nitriles is 1. The molecule has 0 saturated carbocycles. The fraction of sp³-hybridized carbons (Fsp3) is 0.300. The molecule has 2 aromatic rings. The first-order valence-corrected chi connectivity index (χ1v) is 9.01. The summed E-state index contributed by atoms with van der Waals surface area (Å²) in [7, 11) is 1.16. The number of nitro groups is 1. The molecule has 150 valence electrons. The van der Waals surface area contributed by atoms with Crippen LogP contribution in [0.4, 0.5) is 21.5 Å². The zero-order valence-corrected chi connectivity index (χ0v) is 15.7. The molecule has 3 rings (SSSR count). The van der Waals surface area contributed by atoms with E-state index in [9.17, 15) is 19.3 Å². The third-order valence-corrected chi connectivity index (χ3v) is 4.81. The van der Waals surface area contributed by atoms with E-state index < -0.39 is 16.7 Å². The van der Waals surface area contributed by atoms with Gasteiger partial charge in [0.25, 0.3) is 5.69 Å². The van der Waals surface area contributed by atoms with Crippen LogP contribution in [0, 0.1) is 27.3 Å². The van der Waals surface area contributed by atoms with Gasteiger partial charge in [0.1, 0.15) is 11.4 Å². The minimum absolute atomic E-state index is 0.0502. The van der Waals surface area contributed by atoms with Crippen LogP contribution in [-0.4, -0.2) is 37.1 Å². The number of methoxy groups -OCH3 is 1. The number of hydrogen-bond acceptors (Lipinski definition) is 7. The van der Waals surface area contributed by atoms with Crippen molar-refractivity contribution < 1.29 is 18.8 Å². The van der Waals surface area contributed by atoms with Crippen LogP contribution in [0.3, 0.4) is 0 Å². The minimum Gasteiger partial charge on any atom is -0.465 e. The van der Waals surface area contributed by atoms with Gasteiger partial charge in [-0.15, -0.1) is 0 Å². The first-order valence-electron chi connectivity index (χ1n) is 9.01. The lowest BCUT2D eigenvalue weighted by molar-refractivity contribution is -0.385. The van der Waals surface area contributed by atoms with E-state index in [4.69, 9.17) is 5.26 Å². The second kappa shape index (κ2) is 8.56. The Hall–Kier alpha value is -3.67. The number of anilines is 2. The van der Waals surface area contributed by atoms with Crippen molar-refractivity contribution in [3.05, 3.63) is 63.5 Å². The topological polar surface area (TPSA) is 108 Å². The van der Waals surface area contributed by atoms with E-state index in [1.54, 1.807) is 12.1 Å². The maximum absolute atomic E-state index is 14.3. The van der Waals surface area contributed by atoms with E-state index in [1.807, 2.05) is 11.0 Å². The van der Waals surface area contributed by atoms with Crippen LogP contribution in [0.5, 0.6) is 0 Å². The number of esters is 1. The third-order valence-electron chi connectivity index (χ3n) is 4.81. The van der Waals surface area contributed by atoms with Gasteiger partial charge in [0.2, 0.25) is 0 Å². The molecule has 0 spiro atoms. The highest BCUT2D eigenvalue weighted by Crippen LogP contribution is 2.27. The molecule has 0 amide bonds. The van der Waals surface area contributed by atoms with Crippen molar-refractivity contribution in [1.82, 2.24) is 0 Å². The standard InChI is InChI=1S/C20H19FN4O4/c1-29-20(26)16-10-14(5-7-18(16)25(27)28)23-15-3-2-8-24(12-15)19-6-4-13(11-22)9-17(19)21/h4-7,9-10,15,23H,2-3,8,12H2,1H3. The molecular formula is C20H19FN4O4. The van der Waals surface area contributed by atoms with Gasteiger partial charge in [-0.2, -0.15) is 5.26 Å². The molecule has 2 aromatic carbocycles. The van der Waals surface area contributed by atoms with E-state index in [0.29, 0.717) is 24.5 Å². The molecule has 1 aliphatic heterocycles. The maximum Gasteiger partial charge on any atom is 0.344 e. The van der Waals surface area contributed by atoms with Gasteiger partial charge in [-0.3, -0.25) is 10.1 Å². The molecule has 1 N–H and O–H groups in total. The Labute approximate surface area is 166 Å². The maximum atomic E-state index is 14.3. The van der Waals surface area contributed by atoms with Crippen LogP contribution in [0.15, 0.2) is 36.4 Å². The van der Waals surface area contributed by atoms with Gasteiger partial charge < -0.3 is 15.0 Å². The Morgan fingerprint density at radius 3 is 2.83 bits per heavy atom. The largest absolute Gasteiger partial charge is 0.465 e. The molecule has 8 nitrogen and oxygen atoms in total. The molecule has 0 aromatic heterocycles. The number of carbonyl (C=O) groups excluding carboxylic acids is 1. The van der Waals surface area contributed by atoms with E-state index in [2.05, 4.69) is 10.1 Å². The lowest BCUT2D eigenvalue weighted by atomic mass is 10.0. The average molecular weight is 398 g/mol. The molecule has 1 heterocycles. The van der Waals surface area contributed by atoms with Crippen LogP contribution in [0.25, 0.3) is 0 Å². The summed E-state index contributed by atoms with van der Waals surface area (Å²) < 4.78 is 19.0. The number of rotatable bonds is 5. The summed E-state index contributed by atoms with van der Waals surface area (Å²) in [6.45, 7) is 1.18. The molecule has 1 fully saturated rings. The van der Waals surface area contributed by atoms with Crippen LogP contribution in [0.2, 0.25) is 0 Å². The van der Waals surface area contributed by atoms with Gasteiger partial charge in [-0.05, 0) is 43.2 Å². The van der Waals surface area contributed by atoms with Crippen molar-refractivity contribution in [2.24, 2.45) is 0 Å². The number of hydrogen-bond donors (Lipinski definition) is 1. The Morgan fingerprint density at radius 2 is 2.17 bits per heavy atom. The van der Waals surface area contributed by atoms with E-state index in [1.165, 1.54) is 24.3 Å². The Kier molecular flexibility index (Phi) is 5.93. The first-order chi connectivity index (χ1) is 13.9. The first kappa shape index (κ1) is 20.1. The quantitative estimate of drug-likeness (QED) is 0.467. The zero-order valence-electron chi connectivity index (χ0n) is 15.7. The Bertz CT molecular complexity index is 989. The number of piperidine rings is 1. The smallest absolute Gasteiger partial charge is 0.344 e. The van der Waals surface area contributed by atoms with Crippen molar-refractivity contribution in [1.29, 1.82) is 5.26 Å². The van der Waals surface area contributed by atoms with Crippen molar-refractivity contribution in [2.45, 2.75) is 18.9 Å². The SMILES string of the molecule is COC(=O)c1cc(NC2CCCN(c3ccc(C#N)cc3F)C2)ccc1[N+](=O)[O-]. The van der Waals surface area contributed by atoms with Crippen molar-refractivity contribution in [3.63, 3.8) is 0 Å². The van der Waals surface area contributed by atoms with E-state index in [0.717, 1.165) is 20.0 Å². The molecular weight excluding hydrogens is 379 g/mol. The van der Waals surface area contributed by atoms with E-state index >= 15 is 0 Å². The summed E-state index contributed by atoms with van der Waals surface area (Å²) in [6, 6.07) is 10.4. The summed E-state index contributed by atoms with van der Waals surface area (Å²) >= 11 is 0. The van der Waals surface area contributed by atoms with Gasteiger partial charge in [0, 0.05) is 30.9 Å². The molecule has 9 heteroatoms. The number of nitrogens with zero attached hydrogens (tertiary/aromatic N) is 3. The number of nitrogens with one attached hydrogen (secondary N) is 1. The Balaban J connectivity index is 1.78. The summed E-state index contributed by atoms with van der Waals surface area (Å²) in [5.74, 6) is -1.24. The number of carbonyl (C=O) groups is 1.